The van der Waals surface area contributed by atoms with E-state index in [2.05, 4.69) is 4.90 Å². The number of ketones is 1. The van der Waals surface area contributed by atoms with Gasteiger partial charge in [-0.2, -0.15) is 0 Å². The second-order valence-corrected chi connectivity index (χ2v) is 9.22. The molecule has 6 heteroatoms. The third kappa shape index (κ3) is 2.64. The summed E-state index contributed by atoms with van der Waals surface area (Å²) < 4.78 is 0. The average molecular weight is 385 g/mol. The molecule has 5 aliphatic rings. The van der Waals surface area contributed by atoms with Crippen molar-refractivity contribution < 1.29 is 14.7 Å². The minimum Gasteiger partial charge on any atom is -0.481 e. The van der Waals surface area contributed by atoms with Crippen LogP contribution in [0.4, 0.5) is 0 Å². The standard InChI is InChI=1S/C21H24N2O3S/c24-18-11-17-15(10-19(18)27-12-20(25)26)22-21-8-4-3-6-14(21)9-13-5-1-2-7-16(13)23(17)21/h10-11,14H,1-9,12H2,(H,25,26)/t14-,21+/m1/s1. The number of hydrogen-bond acceptors (Lipinski definition) is 5. The Hall–Kier alpha value is -1.82. The second-order valence-electron chi connectivity index (χ2n) is 8.20. The zero-order chi connectivity index (χ0) is 18.6. The predicted molar refractivity (Wildman–Crippen MR) is 105 cm³/mol. The smallest absolute Gasteiger partial charge is 0.313 e. The zero-order valence-electron chi connectivity index (χ0n) is 15.4. The molecule has 3 aliphatic carbocycles. The molecular formula is C21H24N2O3S. The van der Waals surface area contributed by atoms with E-state index in [1.165, 1.54) is 44.2 Å². The topological polar surface area (TPSA) is 70.0 Å². The number of hydrogen-bond donors (Lipinski definition) is 1. The van der Waals surface area contributed by atoms with Crippen molar-refractivity contribution in [3.05, 3.63) is 34.0 Å². The van der Waals surface area contributed by atoms with Crippen LogP contribution in [-0.4, -0.2) is 38.9 Å². The number of aliphatic imine (C=N–C) groups is 1. The number of allylic oxidation sites excluding steroid dienone is 5. The van der Waals surface area contributed by atoms with Crippen LogP contribution in [0.15, 0.2) is 39.0 Å². The van der Waals surface area contributed by atoms with E-state index in [1.807, 2.05) is 6.08 Å². The molecule has 0 radical (unpaired) electrons. The molecule has 0 amide bonds. The highest BCUT2D eigenvalue weighted by Crippen LogP contribution is 2.56. The molecule has 0 saturated heterocycles. The molecule has 1 spiro atoms. The van der Waals surface area contributed by atoms with Gasteiger partial charge in [-0.3, -0.25) is 14.6 Å². The molecule has 2 aliphatic heterocycles. The van der Waals surface area contributed by atoms with Gasteiger partial charge in [0.15, 0.2) is 5.78 Å². The quantitative estimate of drug-likeness (QED) is 0.744. The van der Waals surface area contributed by atoms with E-state index in [4.69, 9.17) is 10.1 Å². The number of nitrogens with zero attached hydrogens (tertiary/aromatic N) is 2. The van der Waals surface area contributed by atoms with Gasteiger partial charge in [0.2, 0.25) is 0 Å². The van der Waals surface area contributed by atoms with Gasteiger partial charge < -0.3 is 10.0 Å². The Kier molecular flexibility index (Phi) is 4.08. The van der Waals surface area contributed by atoms with E-state index in [1.54, 1.807) is 11.6 Å². The molecule has 2 atom stereocenters. The number of carbonyl (C=O) groups is 2. The van der Waals surface area contributed by atoms with Crippen LogP contribution in [0.2, 0.25) is 0 Å². The Balaban J connectivity index is 1.58. The van der Waals surface area contributed by atoms with Gasteiger partial charge in [-0.25, -0.2) is 0 Å². The maximum absolute atomic E-state index is 12.7. The monoisotopic (exact) mass is 384 g/mol. The summed E-state index contributed by atoms with van der Waals surface area (Å²) in [6, 6.07) is 0. The first-order chi connectivity index (χ1) is 13.1. The number of rotatable bonds is 3. The molecule has 0 unspecified atom stereocenters. The normalized spacial score (nSPS) is 32.0. The van der Waals surface area contributed by atoms with E-state index in [-0.39, 0.29) is 17.2 Å². The molecule has 1 fully saturated rings. The number of thioether (sulfide) groups is 1. The Morgan fingerprint density at radius 3 is 2.96 bits per heavy atom. The maximum atomic E-state index is 12.7. The molecule has 142 valence electrons. The lowest BCUT2D eigenvalue weighted by atomic mass is 9.70. The highest BCUT2D eigenvalue weighted by Gasteiger charge is 2.55. The van der Waals surface area contributed by atoms with Crippen molar-refractivity contribution in [2.45, 2.75) is 63.5 Å². The first-order valence-corrected chi connectivity index (χ1v) is 11.0. The number of fused-ring (bicyclic) bond motifs is 3. The van der Waals surface area contributed by atoms with Crippen LogP contribution in [0.3, 0.4) is 0 Å². The number of carbonyl (C=O) groups excluding carboxylic acids is 1. The summed E-state index contributed by atoms with van der Waals surface area (Å²) in [4.78, 5) is 31.8. The summed E-state index contributed by atoms with van der Waals surface area (Å²) in [7, 11) is 0. The van der Waals surface area contributed by atoms with Gasteiger partial charge in [-0.1, -0.05) is 12.0 Å². The average Bonchev–Trinajstić information content (AvgIpc) is 2.97. The van der Waals surface area contributed by atoms with Gasteiger partial charge in [0, 0.05) is 17.7 Å². The third-order valence-corrected chi connectivity index (χ3v) is 7.67. The summed E-state index contributed by atoms with van der Waals surface area (Å²) in [6.07, 6.45) is 14.2. The van der Waals surface area contributed by atoms with Crippen LogP contribution >= 0.6 is 11.8 Å². The lowest BCUT2D eigenvalue weighted by Gasteiger charge is -2.52. The van der Waals surface area contributed by atoms with Crippen molar-refractivity contribution in [1.29, 1.82) is 0 Å². The molecule has 0 aromatic rings. The van der Waals surface area contributed by atoms with Gasteiger partial charge in [0.05, 0.1) is 22.1 Å². The van der Waals surface area contributed by atoms with Crippen molar-refractivity contribution in [3.63, 3.8) is 0 Å². The summed E-state index contributed by atoms with van der Waals surface area (Å²) in [6.45, 7) is 0. The first-order valence-electron chi connectivity index (χ1n) is 10.0. The molecule has 27 heavy (non-hydrogen) atoms. The first kappa shape index (κ1) is 17.3. The van der Waals surface area contributed by atoms with Crippen LogP contribution in [0.5, 0.6) is 0 Å². The molecule has 5 nitrogen and oxygen atoms in total. The molecule has 0 aromatic carbocycles. The Morgan fingerprint density at radius 1 is 1.26 bits per heavy atom. The van der Waals surface area contributed by atoms with Crippen molar-refractivity contribution >= 4 is 29.2 Å². The van der Waals surface area contributed by atoms with Crippen LogP contribution in [0.1, 0.15) is 57.8 Å². The van der Waals surface area contributed by atoms with Gasteiger partial charge in [0.1, 0.15) is 5.66 Å². The van der Waals surface area contributed by atoms with E-state index in [9.17, 15) is 9.59 Å². The molecule has 1 N–H and O–H groups in total. The van der Waals surface area contributed by atoms with E-state index in [0.717, 1.165) is 42.4 Å². The number of carboxylic acids is 1. The summed E-state index contributed by atoms with van der Waals surface area (Å²) in [5, 5.41) is 8.95. The Labute approximate surface area is 163 Å². The van der Waals surface area contributed by atoms with Crippen molar-refractivity contribution in [1.82, 2.24) is 4.90 Å². The molecule has 2 heterocycles. The summed E-state index contributed by atoms with van der Waals surface area (Å²) >= 11 is 1.10. The fourth-order valence-electron chi connectivity index (χ4n) is 5.56. The number of carboxylic acid groups (broad SMARTS) is 1. The minimum absolute atomic E-state index is 0.0804. The highest BCUT2D eigenvalue weighted by molar-refractivity contribution is 8.04. The fraction of sp³-hybridized carbons (Fsp3) is 0.571. The van der Waals surface area contributed by atoms with Gasteiger partial charge in [-0.05, 0) is 57.4 Å². The SMILES string of the molecule is O=C(O)CSC1=CC2=N[C@]34CCCC[C@@H]3CC3=C(CCCC3)N4C2=CC1=O. The van der Waals surface area contributed by atoms with Crippen molar-refractivity contribution in [2.75, 3.05) is 5.75 Å². The predicted octanol–water partition coefficient (Wildman–Crippen LogP) is 4.03. The lowest BCUT2D eigenvalue weighted by molar-refractivity contribution is -0.133. The number of aliphatic carboxylic acids is 1. The second kappa shape index (κ2) is 6.36. The van der Waals surface area contributed by atoms with Gasteiger partial charge in [0.25, 0.3) is 0 Å². The van der Waals surface area contributed by atoms with Crippen molar-refractivity contribution in [2.24, 2.45) is 10.9 Å². The molecule has 1 saturated carbocycles. The van der Waals surface area contributed by atoms with Crippen LogP contribution in [0.25, 0.3) is 0 Å². The minimum atomic E-state index is -0.905. The summed E-state index contributed by atoms with van der Waals surface area (Å²) in [5.41, 5.74) is 4.64. The molecule has 0 aromatic heterocycles. The zero-order valence-corrected chi connectivity index (χ0v) is 16.2. The Bertz CT molecular complexity index is 853. The lowest BCUT2D eigenvalue weighted by Crippen LogP contribution is -2.53. The highest BCUT2D eigenvalue weighted by atomic mass is 32.2. The fourth-order valence-corrected chi connectivity index (χ4v) is 6.24. The van der Waals surface area contributed by atoms with Crippen LogP contribution < -0.4 is 0 Å². The van der Waals surface area contributed by atoms with Crippen molar-refractivity contribution in [3.8, 4) is 0 Å². The van der Waals surface area contributed by atoms with E-state index < -0.39 is 5.97 Å². The van der Waals surface area contributed by atoms with E-state index in [0.29, 0.717) is 10.8 Å². The van der Waals surface area contributed by atoms with Gasteiger partial charge >= 0.3 is 5.97 Å². The Morgan fingerprint density at radius 2 is 2.11 bits per heavy atom. The summed E-state index contributed by atoms with van der Waals surface area (Å²) in [5.74, 6) is -0.554. The van der Waals surface area contributed by atoms with Crippen LogP contribution in [-0.2, 0) is 9.59 Å². The van der Waals surface area contributed by atoms with Gasteiger partial charge in [-0.15, -0.1) is 11.8 Å². The molecule has 5 rings (SSSR count). The largest absolute Gasteiger partial charge is 0.481 e. The molecule has 0 bridgehead atoms. The van der Waals surface area contributed by atoms with E-state index >= 15 is 0 Å². The van der Waals surface area contributed by atoms with Crippen LogP contribution in [0, 0.1) is 5.92 Å². The molecular weight excluding hydrogens is 360 g/mol. The third-order valence-electron chi connectivity index (χ3n) is 6.65. The maximum Gasteiger partial charge on any atom is 0.313 e.